The fourth-order valence-electron chi connectivity index (χ4n) is 4.08. The van der Waals surface area contributed by atoms with Gasteiger partial charge in [-0.1, -0.05) is 6.92 Å². The van der Waals surface area contributed by atoms with Gasteiger partial charge in [-0.05, 0) is 54.5 Å². The summed E-state index contributed by atoms with van der Waals surface area (Å²) in [6.07, 6.45) is 5.10. The highest BCUT2D eigenvalue weighted by Crippen LogP contribution is 2.40. The highest BCUT2D eigenvalue weighted by molar-refractivity contribution is 7.16. The van der Waals surface area contributed by atoms with Crippen molar-refractivity contribution in [3.8, 4) is 11.8 Å². The summed E-state index contributed by atoms with van der Waals surface area (Å²) in [6.45, 7) is 6.55. The van der Waals surface area contributed by atoms with Crippen molar-refractivity contribution < 1.29 is 9.47 Å². The number of hydrogen-bond acceptors (Lipinski definition) is 6. The summed E-state index contributed by atoms with van der Waals surface area (Å²) in [5.41, 5.74) is 4.18. The van der Waals surface area contributed by atoms with Crippen molar-refractivity contribution in [2.24, 2.45) is 10.9 Å². The molecule has 5 nitrogen and oxygen atoms in total. The van der Waals surface area contributed by atoms with Crippen LogP contribution in [0.3, 0.4) is 0 Å². The van der Waals surface area contributed by atoms with Crippen molar-refractivity contribution in [3.63, 3.8) is 0 Å². The highest BCUT2D eigenvalue weighted by atomic mass is 32.1. The molecule has 1 aliphatic heterocycles. The molecule has 29 heavy (non-hydrogen) atoms. The van der Waals surface area contributed by atoms with Crippen LogP contribution in [0.4, 0.5) is 5.00 Å². The lowest BCUT2D eigenvalue weighted by atomic mass is 9.89. The minimum atomic E-state index is 0.689. The van der Waals surface area contributed by atoms with E-state index in [-0.39, 0.29) is 0 Å². The topological polar surface area (TPSA) is 57.8 Å². The van der Waals surface area contributed by atoms with E-state index >= 15 is 0 Å². The predicted molar refractivity (Wildman–Crippen MR) is 117 cm³/mol. The first-order chi connectivity index (χ1) is 14.2. The van der Waals surface area contributed by atoms with Gasteiger partial charge in [-0.3, -0.25) is 4.90 Å². The van der Waals surface area contributed by atoms with E-state index in [1.165, 1.54) is 10.4 Å². The summed E-state index contributed by atoms with van der Waals surface area (Å²) in [7, 11) is 1.71. The number of nitriles is 1. The Morgan fingerprint density at radius 3 is 2.97 bits per heavy atom. The highest BCUT2D eigenvalue weighted by Gasteiger charge is 2.23. The zero-order valence-electron chi connectivity index (χ0n) is 17.1. The molecule has 0 N–H and O–H groups in total. The van der Waals surface area contributed by atoms with Gasteiger partial charge in [0.25, 0.3) is 0 Å². The number of thiophene rings is 1. The lowest BCUT2D eigenvalue weighted by molar-refractivity contribution is 0.0339. The van der Waals surface area contributed by atoms with Gasteiger partial charge in [-0.25, -0.2) is 4.99 Å². The maximum absolute atomic E-state index is 9.67. The van der Waals surface area contributed by atoms with Crippen LogP contribution in [0, 0.1) is 17.2 Å². The van der Waals surface area contributed by atoms with Gasteiger partial charge in [-0.2, -0.15) is 5.26 Å². The number of benzene rings is 1. The summed E-state index contributed by atoms with van der Waals surface area (Å²) < 4.78 is 11.0. The molecule has 0 amide bonds. The summed E-state index contributed by atoms with van der Waals surface area (Å²) in [5.74, 6) is 1.58. The molecular weight excluding hydrogens is 382 g/mol. The summed E-state index contributed by atoms with van der Waals surface area (Å²) >= 11 is 1.68. The van der Waals surface area contributed by atoms with E-state index in [0.717, 1.165) is 79.6 Å². The minimum absolute atomic E-state index is 0.689. The fourth-order valence-corrected chi connectivity index (χ4v) is 5.38. The lowest BCUT2D eigenvalue weighted by Crippen LogP contribution is -2.35. The van der Waals surface area contributed by atoms with E-state index in [0.29, 0.717) is 5.92 Å². The maximum Gasteiger partial charge on any atom is 0.134 e. The Labute approximate surface area is 176 Å². The fraction of sp³-hybridized carbons (Fsp3) is 0.478. The molecule has 0 unspecified atom stereocenters. The Kier molecular flexibility index (Phi) is 6.29. The molecule has 1 saturated heterocycles. The van der Waals surface area contributed by atoms with Gasteiger partial charge >= 0.3 is 0 Å². The third-order valence-corrected chi connectivity index (χ3v) is 6.90. The Balaban J connectivity index is 1.57. The second kappa shape index (κ2) is 9.08. The number of rotatable bonds is 5. The van der Waals surface area contributed by atoms with Gasteiger partial charge < -0.3 is 9.47 Å². The van der Waals surface area contributed by atoms with Gasteiger partial charge in [0.05, 0.1) is 25.9 Å². The second-order valence-electron chi connectivity index (χ2n) is 7.86. The number of morpholine rings is 1. The smallest absolute Gasteiger partial charge is 0.134 e. The van der Waals surface area contributed by atoms with Crippen LogP contribution >= 0.6 is 11.3 Å². The van der Waals surface area contributed by atoms with Crippen LogP contribution in [0.1, 0.15) is 40.5 Å². The molecule has 1 aromatic heterocycles. The SMILES string of the molecule is COc1ccc(C=Nc2sc3c(c2C#N)CC[C@H](C)C3)cc1CN1CCOCC1. The number of fused-ring (bicyclic) bond motifs is 1. The van der Waals surface area contributed by atoms with Crippen LogP contribution in [-0.2, 0) is 24.1 Å². The van der Waals surface area contributed by atoms with Gasteiger partial charge in [0.2, 0.25) is 0 Å². The van der Waals surface area contributed by atoms with Crippen LogP contribution in [0.25, 0.3) is 0 Å². The molecule has 1 fully saturated rings. The number of aliphatic imine (C=N–C) groups is 1. The zero-order chi connectivity index (χ0) is 20.2. The predicted octanol–water partition coefficient (Wildman–Crippen LogP) is 4.34. The molecule has 0 spiro atoms. The Hall–Kier alpha value is -2.20. The van der Waals surface area contributed by atoms with E-state index in [4.69, 9.17) is 14.5 Å². The van der Waals surface area contributed by atoms with E-state index in [9.17, 15) is 5.26 Å². The standard InChI is InChI=1S/C23H27N3O2S/c1-16-3-5-19-20(13-24)23(29-22(19)11-16)25-14-17-4-6-21(27-2)18(12-17)15-26-7-9-28-10-8-26/h4,6,12,14,16H,3,5,7-11,15H2,1-2H3/t16-/m0/s1. The van der Waals surface area contributed by atoms with Crippen molar-refractivity contribution in [1.29, 1.82) is 5.26 Å². The largest absolute Gasteiger partial charge is 0.496 e. The van der Waals surface area contributed by atoms with Gasteiger partial charge in [0.1, 0.15) is 16.8 Å². The molecule has 6 heteroatoms. The van der Waals surface area contributed by atoms with Crippen LogP contribution in [0.5, 0.6) is 5.75 Å². The first kappa shape index (κ1) is 20.1. The van der Waals surface area contributed by atoms with Gasteiger partial charge in [0.15, 0.2) is 0 Å². The number of nitrogens with zero attached hydrogens (tertiary/aromatic N) is 3. The average Bonchev–Trinajstić information content (AvgIpc) is 3.09. The number of methoxy groups -OCH3 is 1. The molecule has 1 atom stereocenters. The Bertz CT molecular complexity index is 938. The van der Waals surface area contributed by atoms with E-state index < -0.39 is 0 Å². The normalized spacial score (nSPS) is 19.8. The molecule has 0 saturated carbocycles. The Morgan fingerprint density at radius 1 is 1.38 bits per heavy atom. The van der Waals surface area contributed by atoms with Crippen molar-refractivity contribution in [2.45, 2.75) is 32.7 Å². The maximum atomic E-state index is 9.67. The summed E-state index contributed by atoms with van der Waals surface area (Å²) in [4.78, 5) is 8.44. The number of ether oxygens (including phenoxy) is 2. The van der Waals surface area contributed by atoms with E-state index in [2.05, 4.69) is 24.0 Å². The minimum Gasteiger partial charge on any atom is -0.496 e. The zero-order valence-corrected chi connectivity index (χ0v) is 17.9. The number of hydrogen-bond donors (Lipinski definition) is 0. The molecule has 0 bridgehead atoms. The van der Waals surface area contributed by atoms with Crippen molar-refractivity contribution >= 4 is 22.6 Å². The molecule has 152 valence electrons. The van der Waals surface area contributed by atoms with Crippen molar-refractivity contribution in [1.82, 2.24) is 4.90 Å². The van der Waals surface area contributed by atoms with Crippen LogP contribution in [0.15, 0.2) is 23.2 Å². The third-order valence-electron chi connectivity index (χ3n) is 5.74. The van der Waals surface area contributed by atoms with Crippen molar-refractivity contribution in [3.05, 3.63) is 45.3 Å². The second-order valence-corrected chi connectivity index (χ2v) is 8.95. The molecular formula is C23H27N3O2S. The molecule has 1 aromatic carbocycles. The lowest BCUT2D eigenvalue weighted by Gasteiger charge is -2.27. The van der Waals surface area contributed by atoms with E-state index in [1.807, 2.05) is 18.3 Å². The molecule has 2 heterocycles. The van der Waals surface area contributed by atoms with Gasteiger partial charge in [0, 0.05) is 36.3 Å². The molecule has 2 aromatic rings. The molecule has 1 aliphatic carbocycles. The molecule has 4 rings (SSSR count). The quantitative estimate of drug-likeness (QED) is 0.690. The molecule has 2 aliphatic rings. The van der Waals surface area contributed by atoms with Crippen LogP contribution < -0.4 is 4.74 Å². The summed E-state index contributed by atoms with van der Waals surface area (Å²) in [5, 5.41) is 10.5. The monoisotopic (exact) mass is 409 g/mol. The summed E-state index contributed by atoms with van der Waals surface area (Å²) in [6, 6.07) is 8.56. The average molecular weight is 410 g/mol. The van der Waals surface area contributed by atoms with Crippen molar-refractivity contribution in [2.75, 3.05) is 33.4 Å². The first-order valence-corrected chi connectivity index (χ1v) is 11.0. The first-order valence-electron chi connectivity index (χ1n) is 10.2. The third kappa shape index (κ3) is 4.53. The van der Waals surface area contributed by atoms with Crippen LogP contribution in [0.2, 0.25) is 0 Å². The van der Waals surface area contributed by atoms with Gasteiger partial charge in [-0.15, -0.1) is 11.3 Å². The molecule has 0 radical (unpaired) electrons. The Morgan fingerprint density at radius 2 is 2.21 bits per heavy atom. The van der Waals surface area contributed by atoms with E-state index in [1.54, 1.807) is 18.4 Å². The van der Waals surface area contributed by atoms with Crippen LogP contribution in [-0.4, -0.2) is 44.5 Å².